The quantitative estimate of drug-likeness (QED) is 0.313. The lowest BCUT2D eigenvalue weighted by Gasteiger charge is -2.08. The highest BCUT2D eigenvalue weighted by Crippen LogP contribution is 2.25. The summed E-state index contributed by atoms with van der Waals surface area (Å²) in [6.07, 6.45) is -4.42. The van der Waals surface area contributed by atoms with Crippen LogP contribution in [0, 0.1) is 0 Å². The Kier molecular flexibility index (Phi) is 6.95. The molecule has 0 fully saturated rings. The number of nitrogens with zero attached hydrogens (tertiary/aromatic N) is 7. The maximum Gasteiger partial charge on any atom is 0.390 e. The first-order valence-corrected chi connectivity index (χ1v) is 11.0. The second kappa shape index (κ2) is 9.78. The van der Waals surface area contributed by atoms with Crippen LogP contribution in [0.1, 0.15) is 31.2 Å². The van der Waals surface area contributed by atoms with Gasteiger partial charge in [-0.2, -0.15) is 13.2 Å². The van der Waals surface area contributed by atoms with Crippen molar-refractivity contribution in [1.82, 2.24) is 34.1 Å². The van der Waals surface area contributed by atoms with Gasteiger partial charge in [-0.15, -0.1) is 10.2 Å². The predicted octanol–water partition coefficient (Wildman–Crippen LogP) is 5.03. The number of aromatic nitrogens is 7. The average Bonchev–Trinajstić information content (AvgIpc) is 3.34. The molecule has 184 valence electrons. The summed E-state index contributed by atoms with van der Waals surface area (Å²) in [5.41, 5.74) is -0.131. The molecule has 0 aliphatic heterocycles. The molecule has 0 bridgehead atoms. The summed E-state index contributed by atoms with van der Waals surface area (Å²) in [4.78, 5) is 21.1. The van der Waals surface area contributed by atoms with E-state index in [0.717, 1.165) is 9.25 Å². The summed E-state index contributed by atoms with van der Waals surface area (Å²) < 4.78 is 56.0. The normalized spacial score (nSPS) is 12.8. The fraction of sp³-hybridized carbons (Fsp3) is 0.286. The van der Waals surface area contributed by atoms with Gasteiger partial charge in [-0.05, 0) is 37.3 Å². The zero-order chi connectivity index (χ0) is 25.3. The van der Waals surface area contributed by atoms with Crippen molar-refractivity contribution < 1.29 is 17.6 Å². The van der Waals surface area contributed by atoms with Crippen molar-refractivity contribution in [2.75, 3.05) is 0 Å². The zero-order valence-electron chi connectivity index (χ0n) is 18.0. The summed E-state index contributed by atoms with van der Waals surface area (Å²) in [6, 6.07) is 7.64. The molecule has 35 heavy (non-hydrogen) atoms. The van der Waals surface area contributed by atoms with E-state index in [4.69, 9.17) is 23.2 Å². The maximum atomic E-state index is 14.3. The van der Waals surface area contributed by atoms with Gasteiger partial charge in [-0.25, -0.2) is 23.5 Å². The van der Waals surface area contributed by atoms with E-state index in [-0.39, 0.29) is 34.7 Å². The molecule has 3 heterocycles. The lowest BCUT2D eigenvalue weighted by Crippen LogP contribution is -2.27. The topological polar surface area (TPSA) is 83.4 Å². The van der Waals surface area contributed by atoms with Crippen LogP contribution in [0.25, 0.3) is 17.1 Å². The zero-order valence-corrected chi connectivity index (χ0v) is 19.6. The van der Waals surface area contributed by atoms with Crippen LogP contribution >= 0.6 is 23.2 Å². The van der Waals surface area contributed by atoms with Crippen molar-refractivity contribution in [3.05, 3.63) is 74.9 Å². The molecule has 1 aromatic carbocycles. The monoisotopic (exact) mass is 529 g/mol. The molecule has 14 heteroatoms. The van der Waals surface area contributed by atoms with Crippen LogP contribution in [0.3, 0.4) is 0 Å². The van der Waals surface area contributed by atoms with Gasteiger partial charge in [-0.3, -0.25) is 9.55 Å². The standard InChI is InChI=1S/C21H17Cl2F4N7O/c1-12(24)18-29-17(30-34(18)16-10-28-8-6-15(16)23)11-33-20(35)32(9-7-21(25,26)27)19(31-33)13-2-4-14(22)5-3-13/h2-6,8,10,12H,7,9,11H2,1H3. The first-order valence-electron chi connectivity index (χ1n) is 10.2. The molecule has 0 saturated heterocycles. The van der Waals surface area contributed by atoms with Crippen molar-refractivity contribution in [2.24, 2.45) is 0 Å². The predicted molar refractivity (Wildman–Crippen MR) is 120 cm³/mol. The molecule has 0 saturated carbocycles. The fourth-order valence-electron chi connectivity index (χ4n) is 3.33. The van der Waals surface area contributed by atoms with E-state index < -0.39 is 31.0 Å². The number of alkyl halides is 4. The Morgan fingerprint density at radius 3 is 2.43 bits per heavy atom. The van der Waals surface area contributed by atoms with Gasteiger partial charge in [0.05, 0.1) is 17.6 Å². The van der Waals surface area contributed by atoms with Gasteiger partial charge in [0.25, 0.3) is 0 Å². The first-order chi connectivity index (χ1) is 16.5. The van der Waals surface area contributed by atoms with E-state index in [1.165, 1.54) is 42.2 Å². The maximum absolute atomic E-state index is 14.3. The molecule has 3 aromatic heterocycles. The second-order valence-electron chi connectivity index (χ2n) is 7.53. The van der Waals surface area contributed by atoms with Crippen LogP contribution in [0.2, 0.25) is 10.0 Å². The van der Waals surface area contributed by atoms with Crippen LogP contribution < -0.4 is 5.69 Å². The van der Waals surface area contributed by atoms with Crippen LogP contribution in [0.15, 0.2) is 47.5 Å². The highest BCUT2D eigenvalue weighted by molar-refractivity contribution is 6.32. The lowest BCUT2D eigenvalue weighted by molar-refractivity contribution is -0.136. The smallest absolute Gasteiger partial charge is 0.275 e. The SMILES string of the molecule is CC(F)c1nc(Cn2nc(-c3ccc(Cl)cc3)n(CCC(F)(F)F)c2=O)nn1-c1cnccc1Cl. The largest absolute Gasteiger partial charge is 0.390 e. The Labute approximate surface area is 205 Å². The van der Waals surface area contributed by atoms with Gasteiger partial charge >= 0.3 is 11.9 Å². The molecule has 0 amide bonds. The van der Waals surface area contributed by atoms with Gasteiger partial charge in [0.15, 0.2) is 23.6 Å². The van der Waals surface area contributed by atoms with Crippen LogP contribution in [0.4, 0.5) is 17.6 Å². The molecular formula is C21H17Cl2F4N7O. The van der Waals surface area contributed by atoms with Gasteiger partial charge in [-0.1, -0.05) is 23.2 Å². The summed E-state index contributed by atoms with van der Waals surface area (Å²) in [7, 11) is 0. The highest BCUT2D eigenvalue weighted by atomic mass is 35.5. The fourth-order valence-corrected chi connectivity index (χ4v) is 3.64. The molecule has 1 unspecified atom stereocenters. The molecule has 4 aromatic rings. The Balaban J connectivity index is 1.75. The number of hydrogen-bond acceptors (Lipinski definition) is 5. The number of halogens is 6. The number of rotatable bonds is 7. The van der Waals surface area contributed by atoms with Crippen LogP contribution in [-0.4, -0.2) is 40.3 Å². The molecule has 0 spiro atoms. The van der Waals surface area contributed by atoms with Crippen molar-refractivity contribution in [2.45, 2.75) is 38.8 Å². The van der Waals surface area contributed by atoms with Crippen LogP contribution in [-0.2, 0) is 13.1 Å². The van der Waals surface area contributed by atoms with Gasteiger partial charge in [0.2, 0.25) is 0 Å². The van der Waals surface area contributed by atoms with E-state index in [2.05, 4.69) is 20.2 Å². The molecular weight excluding hydrogens is 513 g/mol. The van der Waals surface area contributed by atoms with Crippen molar-refractivity contribution in [1.29, 1.82) is 0 Å². The summed E-state index contributed by atoms with van der Waals surface area (Å²) in [5, 5.41) is 9.12. The van der Waals surface area contributed by atoms with Gasteiger partial charge in [0, 0.05) is 23.3 Å². The number of pyridine rings is 1. The van der Waals surface area contributed by atoms with E-state index >= 15 is 0 Å². The summed E-state index contributed by atoms with van der Waals surface area (Å²) in [5.74, 6) is -0.0586. The Bertz CT molecular complexity index is 1390. The molecule has 0 aliphatic rings. The minimum Gasteiger partial charge on any atom is -0.275 e. The minimum absolute atomic E-state index is 0.00893. The molecule has 4 rings (SSSR count). The molecule has 0 radical (unpaired) electrons. The van der Waals surface area contributed by atoms with E-state index in [1.807, 2.05) is 0 Å². The Morgan fingerprint density at radius 2 is 1.80 bits per heavy atom. The van der Waals surface area contributed by atoms with E-state index in [1.54, 1.807) is 12.1 Å². The summed E-state index contributed by atoms with van der Waals surface area (Å²) >= 11 is 12.1. The molecule has 0 N–H and O–H groups in total. The van der Waals surface area contributed by atoms with Crippen molar-refractivity contribution in [3.8, 4) is 17.1 Å². The lowest BCUT2D eigenvalue weighted by atomic mass is 10.2. The highest BCUT2D eigenvalue weighted by Gasteiger charge is 2.29. The Hall–Kier alpha value is -3.25. The summed E-state index contributed by atoms with van der Waals surface area (Å²) in [6.45, 7) is 0.300. The molecule has 1 atom stereocenters. The van der Waals surface area contributed by atoms with Gasteiger partial charge in [0.1, 0.15) is 12.2 Å². The third-order valence-corrected chi connectivity index (χ3v) is 5.52. The Morgan fingerprint density at radius 1 is 1.09 bits per heavy atom. The molecule has 8 nitrogen and oxygen atoms in total. The van der Waals surface area contributed by atoms with E-state index in [0.29, 0.717) is 10.6 Å². The number of benzene rings is 1. The van der Waals surface area contributed by atoms with Crippen LogP contribution in [0.5, 0.6) is 0 Å². The average molecular weight is 530 g/mol. The first kappa shape index (κ1) is 24.9. The minimum atomic E-state index is -4.48. The second-order valence-corrected chi connectivity index (χ2v) is 8.37. The third-order valence-electron chi connectivity index (χ3n) is 4.94. The van der Waals surface area contributed by atoms with Gasteiger partial charge < -0.3 is 0 Å². The van der Waals surface area contributed by atoms with Crippen molar-refractivity contribution in [3.63, 3.8) is 0 Å². The van der Waals surface area contributed by atoms with E-state index in [9.17, 15) is 22.4 Å². The number of hydrogen-bond donors (Lipinski definition) is 0. The molecule has 0 aliphatic carbocycles. The third kappa shape index (κ3) is 5.54. The van der Waals surface area contributed by atoms with Crippen molar-refractivity contribution >= 4 is 23.2 Å².